The van der Waals surface area contributed by atoms with Gasteiger partial charge >= 0.3 is 0 Å². The number of ether oxygens (including phenoxy) is 1. The lowest BCUT2D eigenvalue weighted by molar-refractivity contribution is -0.140. The quantitative estimate of drug-likeness (QED) is 0.152. The van der Waals surface area contributed by atoms with Crippen molar-refractivity contribution in [1.82, 2.24) is 10.2 Å². The molecule has 0 unspecified atom stereocenters. The summed E-state index contributed by atoms with van der Waals surface area (Å²) in [5, 5.41) is 3.39. The van der Waals surface area contributed by atoms with Crippen LogP contribution in [0.5, 0.6) is 5.75 Å². The van der Waals surface area contributed by atoms with Crippen molar-refractivity contribution >= 4 is 39.1 Å². The second-order valence-electron chi connectivity index (χ2n) is 11.7. The first kappa shape index (κ1) is 35.5. The number of carbonyl (C=O) groups is 2. The van der Waals surface area contributed by atoms with E-state index in [0.717, 1.165) is 21.0 Å². The number of benzene rings is 4. The number of nitrogens with one attached hydrogen (secondary N) is 1. The molecule has 0 spiro atoms. The predicted octanol–water partition coefficient (Wildman–Crippen LogP) is 6.65. The number of nitrogens with zero attached hydrogens (tertiary/aromatic N) is 2. The molecule has 1 atom stereocenters. The van der Waals surface area contributed by atoms with Gasteiger partial charge in [-0.05, 0) is 79.4 Å². The van der Waals surface area contributed by atoms with Gasteiger partial charge in [-0.2, -0.15) is 0 Å². The lowest BCUT2D eigenvalue weighted by Gasteiger charge is -2.34. The van der Waals surface area contributed by atoms with E-state index in [0.29, 0.717) is 23.9 Å². The van der Waals surface area contributed by atoms with Crippen molar-refractivity contribution < 1.29 is 22.7 Å². The van der Waals surface area contributed by atoms with E-state index in [1.165, 1.54) is 29.2 Å². The van der Waals surface area contributed by atoms with Gasteiger partial charge < -0.3 is 15.0 Å². The number of amides is 2. The lowest BCUT2D eigenvalue weighted by atomic mass is 10.0. The van der Waals surface area contributed by atoms with Crippen molar-refractivity contribution in [2.45, 2.75) is 51.6 Å². The zero-order valence-corrected chi connectivity index (χ0v) is 28.8. The Morgan fingerprint density at radius 1 is 0.872 bits per heavy atom. The van der Waals surface area contributed by atoms with Crippen LogP contribution in [0.15, 0.2) is 108 Å². The standard InChI is InChI=1S/C37H42ClN3O5S/c1-5-46-33-18-16-32(17-19-33)41(47(44,45)34-20-14-31(38)15-21-34)26-36(42)40(25-30-13-9-10-28(4)22-30)35(37(43)39-24-27(2)3)23-29-11-7-6-8-12-29/h6-22,27,35H,5,23-26H2,1-4H3,(H,39,43)/t35-/m1/s1. The van der Waals surface area contributed by atoms with E-state index < -0.39 is 28.5 Å². The molecule has 0 saturated carbocycles. The SMILES string of the molecule is CCOc1ccc(N(CC(=O)N(Cc2cccc(C)c2)[C@H](Cc2ccccc2)C(=O)NCC(C)C)S(=O)(=O)c2ccc(Cl)cc2)cc1. The van der Waals surface area contributed by atoms with Crippen LogP contribution in [-0.2, 0) is 32.6 Å². The highest BCUT2D eigenvalue weighted by atomic mass is 35.5. The van der Waals surface area contributed by atoms with Crippen LogP contribution in [0.1, 0.15) is 37.5 Å². The van der Waals surface area contributed by atoms with E-state index in [1.54, 1.807) is 24.3 Å². The van der Waals surface area contributed by atoms with Crippen molar-refractivity contribution in [3.8, 4) is 5.75 Å². The maximum absolute atomic E-state index is 14.6. The van der Waals surface area contributed by atoms with Gasteiger partial charge in [0.25, 0.3) is 10.0 Å². The van der Waals surface area contributed by atoms with Gasteiger partial charge in [-0.1, -0.05) is 85.6 Å². The summed E-state index contributed by atoms with van der Waals surface area (Å²) in [4.78, 5) is 30.0. The van der Waals surface area contributed by atoms with E-state index in [-0.39, 0.29) is 35.4 Å². The Balaban J connectivity index is 1.80. The first-order valence-corrected chi connectivity index (χ1v) is 17.5. The first-order chi connectivity index (χ1) is 22.5. The largest absolute Gasteiger partial charge is 0.494 e. The number of hydrogen-bond donors (Lipinski definition) is 1. The Morgan fingerprint density at radius 2 is 1.53 bits per heavy atom. The van der Waals surface area contributed by atoms with E-state index >= 15 is 0 Å². The fourth-order valence-electron chi connectivity index (χ4n) is 5.12. The van der Waals surface area contributed by atoms with Crippen molar-refractivity contribution in [2.24, 2.45) is 5.92 Å². The maximum Gasteiger partial charge on any atom is 0.264 e. The second kappa shape index (κ2) is 16.5. The molecule has 4 rings (SSSR count). The molecular formula is C37H42ClN3O5S. The summed E-state index contributed by atoms with van der Waals surface area (Å²) in [5.74, 6) is -0.0792. The van der Waals surface area contributed by atoms with Gasteiger partial charge in [0.15, 0.2) is 0 Å². The molecule has 2 amide bonds. The molecule has 4 aromatic rings. The van der Waals surface area contributed by atoms with Gasteiger partial charge in [-0.15, -0.1) is 0 Å². The molecule has 0 aliphatic rings. The van der Waals surface area contributed by atoms with Crippen LogP contribution in [0.2, 0.25) is 5.02 Å². The number of carbonyl (C=O) groups excluding carboxylic acids is 2. The summed E-state index contributed by atoms with van der Waals surface area (Å²) in [6, 6.07) is 28.6. The zero-order valence-electron chi connectivity index (χ0n) is 27.2. The third-order valence-electron chi connectivity index (χ3n) is 7.51. The van der Waals surface area contributed by atoms with Crippen molar-refractivity contribution in [3.05, 3.63) is 125 Å². The number of aryl methyl sites for hydroxylation is 1. The lowest BCUT2D eigenvalue weighted by Crippen LogP contribution is -2.53. The van der Waals surface area contributed by atoms with Crippen molar-refractivity contribution in [2.75, 3.05) is 24.0 Å². The molecule has 8 nitrogen and oxygen atoms in total. The molecule has 248 valence electrons. The summed E-state index contributed by atoms with van der Waals surface area (Å²) < 4.78 is 35.0. The van der Waals surface area contributed by atoms with E-state index in [9.17, 15) is 18.0 Å². The topological polar surface area (TPSA) is 96.0 Å². The fourth-order valence-corrected chi connectivity index (χ4v) is 6.66. The van der Waals surface area contributed by atoms with Crippen LogP contribution in [0, 0.1) is 12.8 Å². The van der Waals surface area contributed by atoms with Crippen LogP contribution in [0.25, 0.3) is 0 Å². The number of rotatable bonds is 15. The minimum atomic E-state index is -4.24. The molecular weight excluding hydrogens is 634 g/mol. The average molecular weight is 676 g/mol. The minimum absolute atomic E-state index is 0.0238. The van der Waals surface area contributed by atoms with Gasteiger partial charge in [-0.3, -0.25) is 13.9 Å². The third-order valence-corrected chi connectivity index (χ3v) is 9.55. The van der Waals surface area contributed by atoms with Gasteiger partial charge in [0, 0.05) is 24.5 Å². The normalized spacial score (nSPS) is 12.0. The van der Waals surface area contributed by atoms with Crippen LogP contribution < -0.4 is 14.4 Å². The third kappa shape index (κ3) is 9.83. The summed E-state index contributed by atoms with van der Waals surface area (Å²) in [7, 11) is -4.24. The number of sulfonamides is 1. The molecule has 47 heavy (non-hydrogen) atoms. The molecule has 1 N–H and O–H groups in total. The molecule has 0 heterocycles. The maximum atomic E-state index is 14.6. The molecule has 0 radical (unpaired) electrons. The Labute approximate surface area is 283 Å². The Hall–Kier alpha value is -4.34. The molecule has 10 heteroatoms. The average Bonchev–Trinajstić information content (AvgIpc) is 3.05. The molecule has 0 aromatic heterocycles. The van der Waals surface area contributed by atoms with Gasteiger partial charge in [-0.25, -0.2) is 8.42 Å². The summed E-state index contributed by atoms with van der Waals surface area (Å²) in [5.41, 5.74) is 2.97. The number of anilines is 1. The number of hydrogen-bond acceptors (Lipinski definition) is 5. The molecule has 0 aliphatic heterocycles. The van der Waals surface area contributed by atoms with Crippen LogP contribution in [-0.4, -0.2) is 50.9 Å². The van der Waals surface area contributed by atoms with Crippen molar-refractivity contribution in [3.63, 3.8) is 0 Å². The molecule has 0 fully saturated rings. The Kier molecular flexibility index (Phi) is 12.4. The fraction of sp³-hybridized carbons (Fsp3) is 0.297. The van der Waals surface area contributed by atoms with E-state index in [4.69, 9.17) is 16.3 Å². The summed E-state index contributed by atoms with van der Waals surface area (Å²) >= 11 is 6.07. The minimum Gasteiger partial charge on any atom is -0.494 e. The Bertz CT molecular complexity index is 1730. The first-order valence-electron chi connectivity index (χ1n) is 15.7. The second-order valence-corrected chi connectivity index (χ2v) is 14.0. The molecule has 0 saturated heterocycles. The van der Waals surface area contributed by atoms with Crippen LogP contribution in [0.3, 0.4) is 0 Å². The molecule has 4 aromatic carbocycles. The van der Waals surface area contributed by atoms with Crippen LogP contribution >= 0.6 is 11.6 Å². The highest BCUT2D eigenvalue weighted by Gasteiger charge is 2.34. The highest BCUT2D eigenvalue weighted by molar-refractivity contribution is 7.92. The number of halogens is 1. The smallest absolute Gasteiger partial charge is 0.264 e. The summed E-state index contributed by atoms with van der Waals surface area (Å²) in [6.07, 6.45) is 0.245. The summed E-state index contributed by atoms with van der Waals surface area (Å²) in [6.45, 7) is 8.24. The molecule has 0 bridgehead atoms. The van der Waals surface area contributed by atoms with Gasteiger partial charge in [0.2, 0.25) is 11.8 Å². The monoisotopic (exact) mass is 675 g/mol. The predicted molar refractivity (Wildman–Crippen MR) is 187 cm³/mol. The van der Waals surface area contributed by atoms with E-state index in [1.807, 2.05) is 82.3 Å². The molecule has 0 aliphatic carbocycles. The van der Waals surface area contributed by atoms with E-state index in [2.05, 4.69) is 5.32 Å². The van der Waals surface area contributed by atoms with Crippen molar-refractivity contribution in [1.29, 1.82) is 0 Å². The van der Waals surface area contributed by atoms with Gasteiger partial charge in [0.1, 0.15) is 18.3 Å². The van der Waals surface area contributed by atoms with Crippen LogP contribution in [0.4, 0.5) is 5.69 Å². The Morgan fingerprint density at radius 3 is 2.15 bits per heavy atom. The van der Waals surface area contributed by atoms with Gasteiger partial charge in [0.05, 0.1) is 17.2 Å². The highest BCUT2D eigenvalue weighted by Crippen LogP contribution is 2.28. The zero-order chi connectivity index (χ0) is 34.0.